The molecule has 0 aliphatic rings. The second-order valence-corrected chi connectivity index (χ2v) is 5.60. The number of thiazole rings is 1. The van der Waals surface area contributed by atoms with Gasteiger partial charge in [0, 0.05) is 22.1 Å². The van der Waals surface area contributed by atoms with E-state index in [1.54, 1.807) is 11.3 Å². The maximum atomic E-state index is 5.91. The zero-order valence-corrected chi connectivity index (χ0v) is 12.0. The van der Waals surface area contributed by atoms with Crippen LogP contribution in [0, 0.1) is 0 Å². The number of aromatic nitrogens is 1. The molecule has 1 heterocycles. The van der Waals surface area contributed by atoms with Gasteiger partial charge in [-0.1, -0.05) is 30.7 Å². The minimum atomic E-state index is 0.346. The summed E-state index contributed by atoms with van der Waals surface area (Å²) in [5.74, 6) is 0. The molecule has 1 atom stereocenters. The lowest BCUT2D eigenvalue weighted by molar-refractivity contribution is 0.536. The Balaban J connectivity index is 2.07. The van der Waals surface area contributed by atoms with E-state index in [9.17, 15) is 0 Å². The predicted molar refractivity (Wildman–Crippen MR) is 78.3 cm³/mol. The van der Waals surface area contributed by atoms with E-state index in [0.717, 1.165) is 24.4 Å². The summed E-state index contributed by atoms with van der Waals surface area (Å²) in [6, 6.07) is 8.41. The molecule has 96 valence electrons. The van der Waals surface area contributed by atoms with Gasteiger partial charge in [-0.25, -0.2) is 0 Å². The van der Waals surface area contributed by atoms with Crippen LogP contribution in [0.1, 0.15) is 29.8 Å². The second-order valence-electron chi connectivity index (χ2n) is 4.24. The Bertz CT molecular complexity index is 453. The summed E-state index contributed by atoms with van der Waals surface area (Å²) in [5.41, 5.74) is 3.18. The third kappa shape index (κ3) is 3.80. The lowest BCUT2D eigenvalue weighted by Crippen LogP contribution is -2.23. The highest BCUT2D eigenvalue weighted by Gasteiger charge is 2.12. The van der Waals surface area contributed by atoms with E-state index in [2.05, 4.69) is 29.4 Å². The van der Waals surface area contributed by atoms with Crippen molar-refractivity contribution in [2.75, 3.05) is 6.54 Å². The first kappa shape index (κ1) is 13.5. The molecule has 0 bridgehead atoms. The summed E-state index contributed by atoms with van der Waals surface area (Å²) in [6.07, 6.45) is 4.06. The van der Waals surface area contributed by atoms with E-state index in [0.29, 0.717) is 6.04 Å². The molecule has 2 nitrogen and oxygen atoms in total. The number of hydrogen-bond donors (Lipinski definition) is 1. The van der Waals surface area contributed by atoms with E-state index >= 15 is 0 Å². The number of benzene rings is 1. The SMILES string of the molecule is CCCNC(Cc1ccc(Cl)cc1)c1cncs1. The Hall–Kier alpha value is -0.900. The maximum Gasteiger partial charge on any atom is 0.0794 e. The second kappa shape index (κ2) is 6.88. The summed E-state index contributed by atoms with van der Waals surface area (Å²) >= 11 is 7.61. The molecule has 0 saturated heterocycles. The Labute approximate surface area is 117 Å². The van der Waals surface area contributed by atoms with Crippen molar-refractivity contribution in [1.82, 2.24) is 10.3 Å². The van der Waals surface area contributed by atoms with Crippen molar-refractivity contribution in [1.29, 1.82) is 0 Å². The van der Waals surface area contributed by atoms with E-state index in [4.69, 9.17) is 11.6 Å². The summed E-state index contributed by atoms with van der Waals surface area (Å²) in [5, 5.41) is 4.36. The topological polar surface area (TPSA) is 24.9 Å². The van der Waals surface area contributed by atoms with Gasteiger partial charge in [0.25, 0.3) is 0 Å². The largest absolute Gasteiger partial charge is 0.309 e. The first-order valence-electron chi connectivity index (χ1n) is 6.16. The zero-order valence-electron chi connectivity index (χ0n) is 10.4. The summed E-state index contributed by atoms with van der Waals surface area (Å²) < 4.78 is 0. The Morgan fingerprint density at radius 2 is 2.11 bits per heavy atom. The number of nitrogens with zero attached hydrogens (tertiary/aromatic N) is 1. The smallest absolute Gasteiger partial charge is 0.0794 e. The first-order valence-corrected chi connectivity index (χ1v) is 7.41. The summed E-state index contributed by atoms with van der Waals surface area (Å²) in [4.78, 5) is 5.45. The average molecular weight is 281 g/mol. The monoisotopic (exact) mass is 280 g/mol. The van der Waals surface area contributed by atoms with Gasteiger partial charge in [0.05, 0.1) is 5.51 Å². The number of rotatable bonds is 6. The lowest BCUT2D eigenvalue weighted by Gasteiger charge is -2.16. The quantitative estimate of drug-likeness (QED) is 0.862. The molecule has 1 aromatic carbocycles. The third-order valence-corrected chi connectivity index (χ3v) is 3.93. The molecule has 0 fully saturated rings. The lowest BCUT2D eigenvalue weighted by atomic mass is 10.1. The summed E-state index contributed by atoms with van der Waals surface area (Å²) in [6.45, 7) is 3.20. The molecule has 0 spiro atoms. The molecule has 0 aliphatic heterocycles. The number of nitrogens with one attached hydrogen (secondary N) is 1. The molecular formula is C14H17ClN2S. The van der Waals surface area contributed by atoms with Crippen LogP contribution in [0.25, 0.3) is 0 Å². The molecule has 0 saturated carbocycles. The van der Waals surface area contributed by atoms with Gasteiger partial charge in [-0.15, -0.1) is 11.3 Å². The highest BCUT2D eigenvalue weighted by Crippen LogP contribution is 2.22. The molecule has 1 N–H and O–H groups in total. The van der Waals surface area contributed by atoms with Gasteiger partial charge < -0.3 is 5.32 Å². The van der Waals surface area contributed by atoms with Gasteiger partial charge in [0.15, 0.2) is 0 Å². The van der Waals surface area contributed by atoms with Crippen molar-refractivity contribution in [3.05, 3.63) is 51.4 Å². The molecule has 0 aliphatic carbocycles. The van der Waals surface area contributed by atoms with Crippen LogP contribution in [0.5, 0.6) is 0 Å². The van der Waals surface area contributed by atoms with Crippen molar-refractivity contribution in [3.8, 4) is 0 Å². The molecule has 4 heteroatoms. The van der Waals surface area contributed by atoms with Gasteiger partial charge in [-0.2, -0.15) is 0 Å². The molecule has 1 unspecified atom stereocenters. The molecule has 1 aromatic heterocycles. The maximum absolute atomic E-state index is 5.91. The van der Waals surface area contributed by atoms with Crippen LogP contribution in [0.3, 0.4) is 0 Å². The van der Waals surface area contributed by atoms with E-state index in [-0.39, 0.29) is 0 Å². The zero-order chi connectivity index (χ0) is 12.8. The van der Waals surface area contributed by atoms with Crippen molar-refractivity contribution in [3.63, 3.8) is 0 Å². The fraction of sp³-hybridized carbons (Fsp3) is 0.357. The van der Waals surface area contributed by atoms with Crippen LogP contribution in [-0.4, -0.2) is 11.5 Å². The van der Waals surface area contributed by atoms with Crippen molar-refractivity contribution in [2.45, 2.75) is 25.8 Å². The van der Waals surface area contributed by atoms with E-state index in [1.165, 1.54) is 10.4 Å². The van der Waals surface area contributed by atoms with Crippen LogP contribution >= 0.6 is 22.9 Å². The molecule has 0 amide bonds. The van der Waals surface area contributed by atoms with Crippen LogP contribution in [0.4, 0.5) is 0 Å². The minimum Gasteiger partial charge on any atom is -0.309 e. The normalized spacial score (nSPS) is 12.6. The molecule has 18 heavy (non-hydrogen) atoms. The number of halogens is 1. The third-order valence-electron chi connectivity index (χ3n) is 2.79. The van der Waals surface area contributed by atoms with E-state index in [1.807, 2.05) is 23.8 Å². The van der Waals surface area contributed by atoms with Crippen molar-refractivity contribution in [2.24, 2.45) is 0 Å². The van der Waals surface area contributed by atoms with Crippen LogP contribution in [0.15, 0.2) is 36.0 Å². The molecular weight excluding hydrogens is 264 g/mol. The fourth-order valence-corrected chi connectivity index (χ4v) is 2.67. The Kier molecular flexibility index (Phi) is 5.17. The summed E-state index contributed by atoms with van der Waals surface area (Å²) in [7, 11) is 0. The van der Waals surface area contributed by atoms with Crippen LogP contribution in [0.2, 0.25) is 5.02 Å². The molecule has 2 rings (SSSR count). The highest BCUT2D eigenvalue weighted by molar-refractivity contribution is 7.09. The van der Waals surface area contributed by atoms with Gasteiger partial charge in [0.2, 0.25) is 0 Å². The van der Waals surface area contributed by atoms with Gasteiger partial charge in [0.1, 0.15) is 0 Å². The average Bonchev–Trinajstić information content (AvgIpc) is 2.90. The van der Waals surface area contributed by atoms with Gasteiger partial charge in [-0.3, -0.25) is 4.98 Å². The first-order chi connectivity index (χ1) is 8.79. The Morgan fingerprint density at radius 3 is 2.72 bits per heavy atom. The standard InChI is InChI=1S/C14H17ClN2S/c1-2-7-17-13(14-9-16-10-18-14)8-11-3-5-12(15)6-4-11/h3-6,9-10,13,17H,2,7-8H2,1H3. The molecule has 0 radical (unpaired) electrons. The molecule has 2 aromatic rings. The number of hydrogen-bond acceptors (Lipinski definition) is 3. The predicted octanol–water partition coefficient (Wildman–Crippen LogP) is 4.08. The van der Waals surface area contributed by atoms with Crippen LogP contribution < -0.4 is 5.32 Å². The van der Waals surface area contributed by atoms with Crippen molar-refractivity contribution >= 4 is 22.9 Å². The van der Waals surface area contributed by atoms with Gasteiger partial charge >= 0.3 is 0 Å². The van der Waals surface area contributed by atoms with Crippen molar-refractivity contribution < 1.29 is 0 Å². The van der Waals surface area contributed by atoms with Crippen LogP contribution in [-0.2, 0) is 6.42 Å². The highest BCUT2D eigenvalue weighted by atomic mass is 35.5. The fourth-order valence-electron chi connectivity index (χ4n) is 1.85. The Morgan fingerprint density at radius 1 is 1.33 bits per heavy atom. The van der Waals surface area contributed by atoms with Gasteiger partial charge in [-0.05, 0) is 37.1 Å². The minimum absolute atomic E-state index is 0.346. The van der Waals surface area contributed by atoms with E-state index < -0.39 is 0 Å².